The van der Waals surface area contributed by atoms with E-state index in [1.165, 1.54) is 6.42 Å². The second-order valence-corrected chi connectivity index (χ2v) is 2.02. The van der Waals surface area contributed by atoms with Gasteiger partial charge in [-0.3, -0.25) is 0 Å². The Bertz CT molecular complexity index is 32.9. The van der Waals surface area contributed by atoms with Crippen LogP contribution in [0.4, 0.5) is 0 Å². The van der Waals surface area contributed by atoms with Crippen molar-refractivity contribution in [2.45, 2.75) is 13.3 Å². The Morgan fingerprint density at radius 2 is 2.50 bits per heavy atom. The second-order valence-electron chi connectivity index (χ2n) is 1.01. The Labute approximate surface area is 43.6 Å². The van der Waals surface area contributed by atoms with Gasteiger partial charge >= 0.3 is 0 Å². The molecule has 0 nitrogen and oxygen atoms in total. The molecule has 0 aromatic heterocycles. The minimum absolute atomic E-state index is 1.15. The van der Waals surface area contributed by atoms with Crippen molar-refractivity contribution in [1.82, 2.24) is 0 Å². The normalized spacial score (nSPS) is 8.17. The highest BCUT2D eigenvalue weighted by Crippen LogP contribution is 1.99. The third-order valence-electron chi connectivity index (χ3n) is 0.418. The predicted molar refractivity (Wildman–Crippen MR) is 31.6 cm³/mol. The number of hydrogen-bond donors (Lipinski definition) is 0. The Hall–Kier alpha value is 0.0900. The fraction of sp³-hybridized carbons (Fsp3) is 0.600. The molecule has 0 aliphatic rings. The summed E-state index contributed by atoms with van der Waals surface area (Å²) < 4.78 is 0. The molecule has 0 rings (SSSR count). The summed E-state index contributed by atoms with van der Waals surface area (Å²) in [4.78, 5) is 0. The fourth-order valence-corrected chi connectivity index (χ4v) is 0.558. The summed E-state index contributed by atoms with van der Waals surface area (Å²) in [5.74, 6) is 1.15. The Morgan fingerprint density at radius 1 is 1.83 bits per heavy atom. The van der Waals surface area contributed by atoms with Crippen LogP contribution in [-0.2, 0) is 0 Å². The van der Waals surface area contributed by atoms with Crippen LogP contribution >= 0.6 is 11.8 Å². The first-order chi connectivity index (χ1) is 2.91. The number of rotatable bonds is 3. The topological polar surface area (TPSA) is 0 Å². The first-order valence-corrected chi connectivity index (χ1v) is 3.11. The molecule has 35 valence electrons. The molecule has 0 saturated carbocycles. The van der Waals surface area contributed by atoms with Gasteiger partial charge in [0.2, 0.25) is 0 Å². The molecule has 1 heteroatoms. The van der Waals surface area contributed by atoms with Gasteiger partial charge in [0, 0.05) is 0 Å². The van der Waals surface area contributed by atoms with Gasteiger partial charge in [0.25, 0.3) is 0 Å². The molecule has 0 aromatic carbocycles. The third kappa shape index (κ3) is 4.09. The highest BCUT2D eigenvalue weighted by molar-refractivity contribution is 8.02. The average molecular weight is 101 g/mol. The maximum Gasteiger partial charge on any atom is -0.00286 e. The Balaban J connectivity index is 2.49. The van der Waals surface area contributed by atoms with Gasteiger partial charge in [0.1, 0.15) is 0 Å². The smallest absolute Gasteiger partial charge is 0.00286 e. The molecule has 0 heterocycles. The van der Waals surface area contributed by atoms with Crippen LogP contribution in [0, 0.1) is 6.58 Å². The number of thioether (sulfide) groups is 1. The van der Waals surface area contributed by atoms with Crippen LogP contribution in [0.25, 0.3) is 0 Å². The number of hydrogen-bond acceptors (Lipinski definition) is 1. The van der Waals surface area contributed by atoms with E-state index in [0.717, 1.165) is 5.75 Å². The van der Waals surface area contributed by atoms with E-state index >= 15 is 0 Å². The second kappa shape index (κ2) is 5.09. The summed E-state index contributed by atoms with van der Waals surface area (Å²) >= 11 is 1.66. The quantitative estimate of drug-likeness (QED) is 0.490. The zero-order valence-corrected chi connectivity index (χ0v) is 4.79. The summed E-state index contributed by atoms with van der Waals surface area (Å²) in [6.45, 7) is 7.19. The predicted octanol–water partition coefficient (Wildman–Crippen LogP) is 2.08. The minimum Gasteiger partial charge on any atom is -0.134 e. The molecule has 6 heavy (non-hydrogen) atoms. The van der Waals surface area contributed by atoms with Crippen LogP contribution < -0.4 is 0 Å². The van der Waals surface area contributed by atoms with Gasteiger partial charge < -0.3 is 0 Å². The maximum absolute atomic E-state index is 5.05. The van der Waals surface area contributed by atoms with Crippen molar-refractivity contribution >= 4 is 11.8 Å². The van der Waals surface area contributed by atoms with E-state index in [0.29, 0.717) is 0 Å². The lowest BCUT2D eigenvalue weighted by Crippen LogP contribution is -1.64. The highest BCUT2D eigenvalue weighted by atomic mass is 32.2. The van der Waals surface area contributed by atoms with Crippen molar-refractivity contribution in [2.75, 3.05) is 5.75 Å². The van der Waals surface area contributed by atoms with Gasteiger partial charge in [0.15, 0.2) is 0 Å². The van der Waals surface area contributed by atoms with Crippen LogP contribution in [0.3, 0.4) is 0 Å². The van der Waals surface area contributed by atoms with E-state index in [2.05, 4.69) is 6.92 Å². The van der Waals surface area contributed by atoms with E-state index in [4.69, 9.17) is 6.58 Å². The van der Waals surface area contributed by atoms with Crippen molar-refractivity contribution in [3.63, 3.8) is 0 Å². The molecule has 0 fully saturated rings. The largest absolute Gasteiger partial charge is 0.134 e. The molecule has 0 unspecified atom stereocenters. The molecule has 0 aliphatic carbocycles. The lowest BCUT2D eigenvalue weighted by molar-refractivity contribution is 1.11. The molecule has 0 aromatic rings. The van der Waals surface area contributed by atoms with E-state index in [9.17, 15) is 0 Å². The molecular weight excluding hydrogens is 92.1 g/mol. The summed E-state index contributed by atoms with van der Waals surface area (Å²) in [5.41, 5.74) is 0. The molecule has 0 amide bonds. The SMILES string of the molecule is [CH]=CSCCC. The minimum atomic E-state index is 1.15. The van der Waals surface area contributed by atoms with Gasteiger partial charge in [-0.2, -0.15) is 0 Å². The van der Waals surface area contributed by atoms with Gasteiger partial charge in [-0.15, -0.1) is 11.8 Å². The van der Waals surface area contributed by atoms with Crippen molar-refractivity contribution in [3.05, 3.63) is 12.0 Å². The van der Waals surface area contributed by atoms with Crippen LogP contribution in [0.15, 0.2) is 5.41 Å². The molecule has 0 bridgehead atoms. The van der Waals surface area contributed by atoms with Crippen molar-refractivity contribution in [2.24, 2.45) is 0 Å². The lowest BCUT2D eigenvalue weighted by atomic mass is 10.6. The Kier molecular flexibility index (Phi) is 5.17. The molecule has 0 N–H and O–H groups in total. The molecular formula is C5H9S. The van der Waals surface area contributed by atoms with Crippen molar-refractivity contribution in [1.29, 1.82) is 0 Å². The maximum atomic E-state index is 5.05. The first kappa shape index (κ1) is 6.09. The van der Waals surface area contributed by atoms with Crippen molar-refractivity contribution in [3.8, 4) is 0 Å². The summed E-state index contributed by atoms with van der Waals surface area (Å²) in [5, 5.41) is 1.63. The van der Waals surface area contributed by atoms with Crippen molar-refractivity contribution < 1.29 is 0 Å². The van der Waals surface area contributed by atoms with E-state index in [-0.39, 0.29) is 0 Å². The molecule has 0 atom stereocenters. The Morgan fingerprint density at radius 3 is 2.67 bits per heavy atom. The van der Waals surface area contributed by atoms with E-state index in [1.54, 1.807) is 17.2 Å². The van der Waals surface area contributed by atoms with E-state index < -0.39 is 0 Å². The first-order valence-electron chi connectivity index (χ1n) is 2.06. The molecule has 1 radical (unpaired) electrons. The molecule has 0 aliphatic heterocycles. The van der Waals surface area contributed by atoms with Gasteiger partial charge in [-0.25, -0.2) is 0 Å². The fourth-order valence-electron chi connectivity index (χ4n) is 0.186. The molecule has 0 spiro atoms. The molecule has 0 saturated heterocycles. The zero-order chi connectivity index (χ0) is 4.83. The van der Waals surface area contributed by atoms with Crippen LogP contribution in [0.5, 0.6) is 0 Å². The zero-order valence-electron chi connectivity index (χ0n) is 3.98. The average Bonchev–Trinajstić information content (AvgIpc) is 1.61. The van der Waals surface area contributed by atoms with Gasteiger partial charge in [-0.1, -0.05) is 13.5 Å². The third-order valence-corrected chi connectivity index (χ3v) is 1.25. The highest BCUT2D eigenvalue weighted by Gasteiger charge is 1.71. The van der Waals surface area contributed by atoms with Crippen LogP contribution in [-0.4, -0.2) is 5.75 Å². The van der Waals surface area contributed by atoms with Gasteiger partial charge in [0.05, 0.1) is 0 Å². The summed E-state index contributed by atoms with van der Waals surface area (Å²) in [6.07, 6.45) is 1.21. The van der Waals surface area contributed by atoms with Crippen LogP contribution in [0.1, 0.15) is 13.3 Å². The summed E-state index contributed by atoms with van der Waals surface area (Å²) in [7, 11) is 0. The lowest BCUT2D eigenvalue weighted by Gasteiger charge is -1.82. The standard InChI is InChI=1S/C5H9S/c1-3-5-6-4-2/h2,4H,3,5H2,1H3. The van der Waals surface area contributed by atoms with E-state index in [1.807, 2.05) is 0 Å². The summed E-state index contributed by atoms with van der Waals surface area (Å²) in [6, 6.07) is 0. The van der Waals surface area contributed by atoms with Crippen LogP contribution in [0.2, 0.25) is 0 Å². The van der Waals surface area contributed by atoms with Gasteiger partial charge in [-0.05, 0) is 17.6 Å². The monoisotopic (exact) mass is 101 g/mol.